The molecule has 0 aliphatic heterocycles. The maximum absolute atomic E-state index is 13.3. The van der Waals surface area contributed by atoms with E-state index < -0.39 is 6.08 Å². The second-order valence-electron chi connectivity index (χ2n) is 4.74. The number of aromatic nitrogens is 2. The monoisotopic (exact) mass is 280 g/mol. The van der Waals surface area contributed by atoms with E-state index in [4.69, 9.17) is 0 Å². The molecule has 110 valence electrons. The molecule has 0 saturated carbocycles. The molecule has 0 bridgehead atoms. The lowest BCUT2D eigenvalue weighted by atomic mass is 10.1. The summed E-state index contributed by atoms with van der Waals surface area (Å²) in [6.45, 7) is 7.62. The average molecular weight is 280 g/mol. The van der Waals surface area contributed by atoms with Gasteiger partial charge in [-0.2, -0.15) is 9.37 Å². The molecule has 1 amide bonds. The number of carbonyl (C=O) groups excluding carboxylic acids is 1. The number of hydrogen-bond acceptors (Lipinski definition) is 4. The van der Waals surface area contributed by atoms with Gasteiger partial charge >= 0.3 is 6.08 Å². The molecular formula is C14H21FN4O. The van der Waals surface area contributed by atoms with Gasteiger partial charge in [-0.05, 0) is 25.7 Å². The lowest BCUT2D eigenvalue weighted by Crippen LogP contribution is -2.13. The quantitative estimate of drug-likeness (QED) is 0.641. The summed E-state index contributed by atoms with van der Waals surface area (Å²) in [5.41, 5.74) is 0.819. The van der Waals surface area contributed by atoms with Crippen LogP contribution in [0.5, 0.6) is 0 Å². The summed E-state index contributed by atoms with van der Waals surface area (Å²) < 4.78 is 13.3. The van der Waals surface area contributed by atoms with Crippen molar-refractivity contribution in [2.45, 2.75) is 47.0 Å². The van der Waals surface area contributed by atoms with Crippen molar-refractivity contribution in [2.75, 3.05) is 5.32 Å². The number of amides is 1. The third-order valence-electron chi connectivity index (χ3n) is 2.87. The Hall–Kier alpha value is -1.85. The van der Waals surface area contributed by atoms with Gasteiger partial charge in [-0.1, -0.05) is 20.8 Å². The van der Waals surface area contributed by atoms with Gasteiger partial charge in [-0.15, -0.1) is 0 Å². The molecule has 0 radical (unpaired) electrons. The Bertz CT molecular complexity index is 502. The van der Waals surface area contributed by atoms with E-state index >= 15 is 0 Å². The molecule has 0 aliphatic rings. The van der Waals surface area contributed by atoms with Crippen molar-refractivity contribution < 1.29 is 9.18 Å². The first-order valence-corrected chi connectivity index (χ1v) is 6.86. The smallest absolute Gasteiger partial charge is 0.309 e. The number of nitrogens with one attached hydrogen (secondary N) is 1. The fourth-order valence-corrected chi connectivity index (χ4v) is 1.50. The Morgan fingerprint density at radius 1 is 1.45 bits per heavy atom. The molecule has 1 N–H and O–H groups in total. The van der Waals surface area contributed by atoms with Gasteiger partial charge < -0.3 is 5.32 Å². The van der Waals surface area contributed by atoms with Crippen LogP contribution in [0.1, 0.15) is 45.7 Å². The van der Waals surface area contributed by atoms with Gasteiger partial charge in [-0.25, -0.2) is 4.98 Å². The van der Waals surface area contributed by atoms with Crippen LogP contribution < -0.4 is 5.32 Å². The van der Waals surface area contributed by atoms with Crippen LogP contribution >= 0.6 is 0 Å². The summed E-state index contributed by atoms with van der Waals surface area (Å²) in [6.07, 6.45) is 2.92. The van der Waals surface area contributed by atoms with Gasteiger partial charge in [0.05, 0.1) is 5.69 Å². The minimum absolute atomic E-state index is 0.132. The first-order valence-electron chi connectivity index (χ1n) is 6.86. The van der Waals surface area contributed by atoms with Crippen LogP contribution in [0.25, 0.3) is 0 Å². The van der Waals surface area contributed by atoms with Crippen molar-refractivity contribution in [1.82, 2.24) is 9.97 Å². The van der Waals surface area contributed by atoms with E-state index in [0.29, 0.717) is 30.1 Å². The van der Waals surface area contributed by atoms with Gasteiger partial charge in [0.15, 0.2) is 5.82 Å². The normalized spacial score (nSPS) is 12.7. The number of halogens is 1. The lowest BCUT2D eigenvalue weighted by molar-refractivity contribution is -0.116. The highest BCUT2D eigenvalue weighted by Gasteiger charge is 2.13. The number of aryl methyl sites for hydroxylation is 1. The van der Waals surface area contributed by atoms with E-state index in [2.05, 4.69) is 27.2 Å². The standard InChI is InChI=1S/C14H21FN4O/c1-5-7-11(20)18-13-12(16-8-9(3)6-2)10(4)17-14(15)19-13/h8-9H,5-7H2,1-4H3,(H,17,18,19,20)/b16-8-. The third-order valence-corrected chi connectivity index (χ3v) is 2.87. The van der Waals surface area contributed by atoms with Crippen LogP contribution in [-0.2, 0) is 4.79 Å². The number of rotatable bonds is 6. The molecule has 6 heteroatoms. The van der Waals surface area contributed by atoms with E-state index in [1.54, 1.807) is 13.1 Å². The number of aliphatic imine (C=N–C) groups is 1. The molecule has 20 heavy (non-hydrogen) atoms. The molecule has 0 spiro atoms. The van der Waals surface area contributed by atoms with Crippen molar-refractivity contribution in [2.24, 2.45) is 10.9 Å². The van der Waals surface area contributed by atoms with Crippen molar-refractivity contribution >= 4 is 23.6 Å². The van der Waals surface area contributed by atoms with E-state index in [-0.39, 0.29) is 11.7 Å². The van der Waals surface area contributed by atoms with Gasteiger partial charge in [-0.3, -0.25) is 9.79 Å². The van der Waals surface area contributed by atoms with E-state index in [0.717, 1.165) is 6.42 Å². The molecule has 1 aromatic heterocycles. The number of carbonyl (C=O) groups is 1. The summed E-state index contributed by atoms with van der Waals surface area (Å²) in [5.74, 6) is 0.219. The first kappa shape index (κ1) is 16.2. The Balaban J connectivity index is 3.07. The molecule has 1 heterocycles. The molecule has 5 nitrogen and oxygen atoms in total. The first-order chi connectivity index (χ1) is 9.47. The van der Waals surface area contributed by atoms with Gasteiger partial charge in [0.1, 0.15) is 5.69 Å². The summed E-state index contributed by atoms with van der Waals surface area (Å²) in [7, 11) is 0. The Morgan fingerprint density at radius 3 is 2.75 bits per heavy atom. The zero-order chi connectivity index (χ0) is 15.1. The predicted molar refractivity (Wildman–Crippen MR) is 77.9 cm³/mol. The van der Waals surface area contributed by atoms with Crippen LogP contribution in [0.3, 0.4) is 0 Å². The zero-order valence-corrected chi connectivity index (χ0v) is 12.4. The summed E-state index contributed by atoms with van der Waals surface area (Å²) in [4.78, 5) is 23.2. The van der Waals surface area contributed by atoms with E-state index in [1.165, 1.54) is 0 Å². The topological polar surface area (TPSA) is 67.2 Å². The number of anilines is 1. The van der Waals surface area contributed by atoms with E-state index in [9.17, 15) is 9.18 Å². The Labute approximate surface area is 118 Å². The number of hydrogen-bond donors (Lipinski definition) is 1. The van der Waals surface area contributed by atoms with Gasteiger partial charge in [0, 0.05) is 12.6 Å². The van der Waals surface area contributed by atoms with Crippen LogP contribution in [0.2, 0.25) is 0 Å². The summed E-state index contributed by atoms with van der Waals surface area (Å²) in [5, 5.41) is 2.59. The molecular weight excluding hydrogens is 259 g/mol. The van der Waals surface area contributed by atoms with Crippen molar-refractivity contribution in [3.05, 3.63) is 11.8 Å². The molecule has 1 unspecified atom stereocenters. The summed E-state index contributed by atoms with van der Waals surface area (Å²) >= 11 is 0. The number of nitrogens with zero attached hydrogens (tertiary/aromatic N) is 3. The van der Waals surface area contributed by atoms with Crippen LogP contribution in [-0.4, -0.2) is 22.1 Å². The highest BCUT2D eigenvalue weighted by atomic mass is 19.1. The highest BCUT2D eigenvalue weighted by molar-refractivity contribution is 5.93. The lowest BCUT2D eigenvalue weighted by Gasteiger charge is -2.09. The predicted octanol–water partition coefficient (Wildman–Crippen LogP) is 3.41. The van der Waals surface area contributed by atoms with Crippen LogP contribution in [0.15, 0.2) is 4.99 Å². The minimum Gasteiger partial charge on any atom is -0.309 e. The maximum Gasteiger partial charge on any atom is 0.310 e. The van der Waals surface area contributed by atoms with Crippen LogP contribution in [0.4, 0.5) is 15.9 Å². The fourth-order valence-electron chi connectivity index (χ4n) is 1.50. The third kappa shape index (κ3) is 4.68. The second-order valence-corrected chi connectivity index (χ2v) is 4.74. The molecule has 1 rings (SSSR count). The Morgan fingerprint density at radius 2 is 2.15 bits per heavy atom. The minimum atomic E-state index is -0.864. The molecule has 0 fully saturated rings. The SMILES string of the molecule is CCCC(=O)Nc1nc(F)nc(C)c1/N=C\C(C)CC. The molecule has 0 saturated heterocycles. The maximum atomic E-state index is 13.3. The molecule has 1 atom stereocenters. The van der Waals surface area contributed by atoms with Gasteiger partial charge in [0.25, 0.3) is 0 Å². The van der Waals surface area contributed by atoms with Crippen LogP contribution in [0, 0.1) is 18.9 Å². The van der Waals surface area contributed by atoms with Gasteiger partial charge in [0.2, 0.25) is 5.91 Å². The van der Waals surface area contributed by atoms with Crippen molar-refractivity contribution in [3.63, 3.8) is 0 Å². The molecule has 0 aromatic carbocycles. The van der Waals surface area contributed by atoms with Crippen molar-refractivity contribution in [1.29, 1.82) is 0 Å². The second kappa shape index (κ2) is 7.67. The fraction of sp³-hybridized carbons (Fsp3) is 0.571. The average Bonchev–Trinajstić information content (AvgIpc) is 2.37. The Kier molecular flexibility index (Phi) is 6.21. The largest absolute Gasteiger partial charge is 0.310 e. The molecule has 1 aromatic rings. The highest BCUT2D eigenvalue weighted by Crippen LogP contribution is 2.26. The summed E-state index contributed by atoms with van der Waals surface area (Å²) in [6, 6.07) is 0. The zero-order valence-electron chi connectivity index (χ0n) is 12.4. The molecule has 0 aliphatic carbocycles. The van der Waals surface area contributed by atoms with E-state index in [1.807, 2.05) is 13.8 Å². The van der Waals surface area contributed by atoms with Crippen molar-refractivity contribution in [3.8, 4) is 0 Å².